The van der Waals surface area contributed by atoms with E-state index in [1.165, 1.54) is 16.3 Å². The van der Waals surface area contributed by atoms with E-state index < -0.39 is 0 Å². The Hall–Kier alpha value is -2.97. The molecule has 0 aliphatic heterocycles. The third-order valence-electron chi connectivity index (χ3n) is 5.26. The zero-order valence-electron chi connectivity index (χ0n) is 17.5. The molecule has 31 heavy (non-hydrogen) atoms. The van der Waals surface area contributed by atoms with Crippen LogP contribution in [0.1, 0.15) is 5.56 Å². The van der Waals surface area contributed by atoms with Gasteiger partial charge in [-0.25, -0.2) is 4.98 Å². The molecule has 0 bridgehead atoms. The van der Waals surface area contributed by atoms with Crippen molar-refractivity contribution in [1.29, 1.82) is 0 Å². The molecule has 1 N–H and O–H groups in total. The van der Waals surface area contributed by atoms with Crippen LogP contribution in [0.25, 0.3) is 21.9 Å². The van der Waals surface area contributed by atoms with Gasteiger partial charge in [0.1, 0.15) is 16.8 Å². The van der Waals surface area contributed by atoms with E-state index in [2.05, 4.69) is 5.32 Å². The van der Waals surface area contributed by atoms with Gasteiger partial charge in [-0.05, 0) is 42.8 Å². The Morgan fingerprint density at radius 1 is 1.23 bits per heavy atom. The number of nitrogens with zero attached hydrogens (tertiary/aromatic N) is 3. The molecule has 0 saturated carbocycles. The van der Waals surface area contributed by atoms with Crippen molar-refractivity contribution in [2.24, 2.45) is 14.1 Å². The molecule has 0 fully saturated rings. The monoisotopic (exact) mass is 456 g/mol. The van der Waals surface area contributed by atoms with E-state index in [0.29, 0.717) is 32.6 Å². The first kappa shape index (κ1) is 21.3. The van der Waals surface area contributed by atoms with Crippen molar-refractivity contribution in [2.75, 3.05) is 18.2 Å². The number of hydrogen-bond acceptors (Lipinski definition) is 5. The summed E-state index contributed by atoms with van der Waals surface area (Å²) in [6.07, 6.45) is 0. The molecule has 2 heterocycles. The molecule has 0 unspecified atom stereocenters. The van der Waals surface area contributed by atoms with Crippen molar-refractivity contribution in [3.05, 3.63) is 57.3 Å². The van der Waals surface area contributed by atoms with Gasteiger partial charge in [0.25, 0.3) is 5.56 Å². The fourth-order valence-electron chi connectivity index (χ4n) is 3.49. The smallest absolute Gasteiger partial charge is 0.278 e. The van der Waals surface area contributed by atoms with E-state index in [1.54, 1.807) is 32.4 Å². The minimum atomic E-state index is -0.204. The van der Waals surface area contributed by atoms with Gasteiger partial charge in [-0.15, -0.1) is 0 Å². The fourth-order valence-corrected chi connectivity index (χ4v) is 4.43. The van der Waals surface area contributed by atoms with Gasteiger partial charge in [-0.1, -0.05) is 29.4 Å². The summed E-state index contributed by atoms with van der Waals surface area (Å²) < 4.78 is 8.64. The number of aryl methyl sites for hydroxylation is 1. The first-order chi connectivity index (χ1) is 14.8. The van der Waals surface area contributed by atoms with E-state index in [9.17, 15) is 9.59 Å². The Balaban J connectivity index is 1.67. The Morgan fingerprint density at radius 2 is 2.00 bits per heavy atom. The summed E-state index contributed by atoms with van der Waals surface area (Å²) in [4.78, 5) is 30.3. The second-order valence-electron chi connectivity index (χ2n) is 7.15. The number of nitrogens with one attached hydrogen (secondary N) is 1. The van der Waals surface area contributed by atoms with E-state index >= 15 is 0 Å². The first-order valence-corrected chi connectivity index (χ1v) is 10.9. The van der Waals surface area contributed by atoms with Crippen LogP contribution in [0.2, 0.25) is 5.02 Å². The average Bonchev–Trinajstić information content (AvgIpc) is 3.04. The van der Waals surface area contributed by atoms with E-state index in [4.69, 9.17) is 21.3 Å². The van der Waals surface area contributed by atoms with Gasteiger partial charge in [0.15, 0.2) is 5.16 Å². The van der Waals surface area contributed by atoms with Gasteiger partial charge >= 0.3 is 0 Å². The number of halogens is 1. The molecular weight excluding hydrogens is 436 g/mol. The van der Waals surface area contributed by atoms with Gasteiger partial charge < -0.3 is 14.6 Å². The van der Waals surface area contributed by atoms with Crippen LogP contribution in [0, 0.1) is 6.92 Å². The molecule has 0 aliphatic carbocycles. The number of ether oxygens (including phenoxy) is 1. The highest BCUT2D eigenvalue weighted by Crippen LogP contribution is 2.30. The highest BCUT2D eigenvalue weighted by molar-refractivity contribution is 7.99. The van der Waals surface area contributed by atoms with Crippen LogP contribution in [0.15, 0.2) is 46.3 Å². The van der Waals surface area contributed by atoms with Gasteiger partial charge in [0.2, 0.25) is 5.91 Å². The second-order valence-corrected chi connectivity index (χ2v) is 8.50. The lowest BCUT2D eigenvalue weighted by Crippen LogP contribution is -2.22. The Kier molecular flexibility index (Phi) is 5.68. The molecule has 2 aromatic heterocycles. The van der Waals surface area contributed by atoms with E-state index in [1.807, 2.05) is 36.7 Å². The molecule has 1 amide bonds. The number of carbonyl (C=O) groups is 1. The number of methoxy groups -OCH3 is 1. The summed E-state index contributed by atoms with van der Waals surface area (Å²) in [6.45, 7) is 1.85. The van der Waals surface area contributed by atoms with Crippen molar-refractivity contribution in [3.63, 3.8) is 0 Å². The van der Waals surface area contributed by atoms with Crippen molar-refractivity contribution in [1.82, 2.24) is 14.1 Å². The molecular formula is C22H21ClN4O3S. The van der Waals surface area contributed by atoms with Crippen LogP contribution in [0.5, 0.6) is 5.75 Å². The predicted molar refractivity (Wildman–Crippen MR) is 126 cm³/mol. The molecule has 0 saturated heterocycles. The van der Waals surface area contributed by atoms with Crippen LogP contribution in [0.3, 0.4) is 0 Å². The number of rotatable bonds is 5. The Bertz CT molecular complexity index is 1390. The molecule has 9 heteroatoms. The largest absolute Gasteiger partial charge is 0.497 e. The van der Waals surface area contributed by atoms with Crippen LogP contribution in [-0.2, 0) is 18.9 Å². The highest BCUT2D eigenvalue weighted by Gasteiger charge is 2.18. The third-order valence-corrected chi connectivity index (χ3v) is 6.69. The normalized spacial score (nSPS) is 11.3. The summed E-state index contributed by atoms with van der Waals surface area (Å²) in [5.74, 6) is 0.587. The van der Waals surface area contributed by atoms with Gasteiger partial charge in [-0.3, -0.25) is 14.2 Å². The van der Waals surface area contributed by atoms with Gasteiger partial charge in [0.05, 0.1) is 18.4 Å². The summed E-state index contributed by atoms with van der Waals surface area (Å²) in [5, 5.41) is 4.74. The zero-order chi connectivity index (χ0) is 22.3. The lowest BCUT2D eigenvalue weighted by molar-refractivity contribution is -0.113. The van der Waals surface area contributed by atoms with Gasteiger partial charge in [0, 0.05) is 30.2 Å². The van der Waals surface area contributed by atoms with Crippen LogP contribution in [-0.4, -0.2) is 32.9 Å². The number of hydrogen-bond donors (Lipinski definition) is 1. The summed E-state index contributed by atoms with van der Waals surface area (Å²) >= 11 is 7.33. The molecule has 4 rings (SSSR count). The molecule has 0 atom stereocenters. The van der Waals surface area contributed by atoms with Crippen molar-refractivity contribution in [3.8, 4) is 5.75 Å². The molecule has 0 spiro atoms. The first-order valence-electron chi connectivity index (χ1n) is 9.52. The van der Waals surface area contributed by atoms with E-state index in [-0.39, 0.29) is 17.2 Å². The molecule has 0 radical (unpaired) electrons. The molecule has 2 aromatic carbocycles. The zero-order valence-corrected chi connectivity index (χ0v) is 19.1. The highest BCUT2D eigenvalue weighted by atomic mass is 35.5. The number of anilines is 1. The van der Waals surface area contributed by atoms with Crippen LogP contribution >= 0.6 is 23.4 Å². The number of carbonyl (C=O) groups excluding carboxylic acids is 1. The lowest BCUT2D eigenvalue weighted by Gasteiger charge is -2.10. The predicted octanol–water partition coefficient (Wildman–Crippen LogP) is 4.13. The van der Waals surface area contributed by atoms with Crippen molar-refractivity contribution >= 4 is 56.9 Å². The van der Waals surface area contributed by atoms with Crippen molar-refractivity contribution in [2.45, 2.75) is 12.1 Å². The number of fused-ring (bicyclic) bond motifs is 3. The Morgan fingerprint density at radius 3 is 2.74 bits per heavy atom. The maximum absolute atomic E-state index is 13.1. The van der Waals surface area contributed by atoms with E-state index in [0.717, 1.165) is 16.5 Å². The second kappa shape index (κ2) is 8.28. The lowest BCUT2D eigenvalue weighted by atomic mass is 10.2. The Labute approximate surface area is 188 Å². The number of aromatic nitrogens is 3. The third kappa shape index (κ3) is 3.77. The minimum Gasteiger partial charge on any atom is -0.497 e. The fraction of sp³-hybridized carbons (Fsp3) is 0.227. The standard InChI is InChI=1S/C22H21ClN4O3S/c1-12-15(23)6-5-7-16(12)24-18(28)11-31-22-25-19-14-10-13(30-4)8-9-17(14)26(2)20(19)21(29)27(22)3/h5-10H,11H2,1-4H3,(H,24,28). The summed E-state index contributed by atoms with van der Waals surface area (Å²) in [7, 11) is 5.10. The van der Waals surface area contributed by atoms with Crippen LogP contribution < -0.4 is 15.6 Å². The number of benzene rings is 2. The van der Waals surface area contributed by atoms with Crippen LogP contribution in [0.4, 0.5) is 5.69 Å². The maximum Gasteiger partial charge on any atom is 0.278 e. The number of amides is 1. The number of thioether (sulfide) groups is 1. The van der Waals surface area contributed by atoms with Gasteiger partial charge in [-0.2, -0.15) is 0 Å². The SMILES string of the molecule is COc1ccc2c(c1)c1nc(SCC(=O)Nc3cccc(Cl)c3C)n(C)c(=O)c1n2C. The maximum atomic E-state index is 13.1. The molecule has 160 valence electrons. The molecule has 0 aliphatic rings. The summed E-state index contributed by atoms with van der Waals surface area (Å²) in [6, 6.07) is 11.0. The van der Waals surface area contributed by atoms with Crippen molar-refractivity contribution < 1.29 is 9.53 Å². The summed E-state index contributed by atoms with van der Waals surface area (Å²) in [5.41, 5.74) is 3.28. The topological polar surface area (TPSA) is 78.2 Å². The molecule has 4 aromatic rings. The quantitative estimate of drug-likeness (QED) is 0.361. The molecule has 7 nitrogen and oxygen atoms in total. The average molecular weight is 457 g/mol. The minimum absolute atomic E-state index is 0.103.